The first-order chi connectivity index (χ1) is 11.8. The summed E-state index contributed by atoms with van der Waals surface area (Å²) >= 11 is 0. The van der Waals surface area contributed by atoms with Crippen LogP contribution in [0.1, 0.15) is 67.7 Å². The van der Waals surface area contributed by atoms with Crippen molar-refractivity contribution in [3.8, 4) is 0 Å². The minimum atomic E-state index is -1.07. The number of ether oxygens (including phenoxy) is 1. The molecule has 0 aromatic carbocycles. The van der Waals surface area contributed by atoms with Crippen molar-refractivity contribution >= 4 is 18.3 Å². The standard InChI is InChI=1S/C19H36N2O5/c1-12(2)8-14(11-22)20-17(24)10-16(23)15(9-13(3)4)21-18(25)26-19(5,6)7/h11-16,23H,8-10H2,1-7H3,(H,20,24)(H,21,25)/t14-,15-,16-/m0/s1. The van der Waals surface area contributed by atoms with E-state index in [1.165, 1.54) is 0 Å². The molecule has 0 heterocycles. The monoisotopic (exact) mass is 372 g/mol. The third kappa shape index (κ3) is 11.8. The highest BCUT2D eigenvalue weighted by atomic mass is 16.6. The molecule has 0 aromatic rings. The zero-order valence-electron chi connectivity index (χ0n) is 17.2. The molecular weight excluding hydrogens is 336 g/mol. The highest BCUT2D eigenvalue weighted by molar-refractivity contribution is 5.80. The third-order valence-corrected chi connectivity index (χ3v) is 3.52. The fourth-order valence-electron chi connectivity index (χ4n) is 2.53. The number of amides is 2. The lowest BCUT2D eigenvalue weighted by atomic mass is 9.97. The Morgan fingerprint density at radius 3 is 2.00 bits per heavy atom. The largest absolute Gasteiger partial charge is 0.444 e. The second-order valence-electron chi connectivity index (χ2n) is 8.59. The summed E-state index contributed by atoms with van der Waals surface area (Å²) in [6.07, 6.45) is -0.164. The average molecular weight is 373 g/mol. The van der Waals surface area contributed by atoms with E-state index in [1.807, 2.05) is 27.7 Å². The molecule has 0 bridgehead atoms. The summed E-state index contributed by atoms with van der Waals surface area (Å²) in [4.78, 5) is 35.2. The number of aldehydes is 1. The number of hydrogen-bond donors (Lipinski definition) is 3. The highest BCUT2D eigenvalue weighted by Gasteiger charge is 2.27. The van der Waals surface area contributed by atoms with Gasteiger partial charge in [-0.2, -0.15) is 0 Å². The van der Waals surface area contributed by atoms with Gasteiger partial charge < -0.3 is 25.3 Å². The molecule has 0 spiro atoms. The zero-order chi connectivity index (χ0) is 20.5. The molecule has 3 N–H and O–H groups in total. The Labute approximate surface area is 157 Å². The summed E-state index contributed by atoms with van der Waals surface area (Å²) in [6, 6.07) is -1.19. The predicted octanol–water partition coefficient (Wildman–Crippen LogP) is 2.41. The molecule has 0 saturated heterocycles. The molecule has 152 valence electrons. The van der Waals surface area contributed by atoms with E-state index in [0.717, 1.165) is 0 Å². The number of aliphatic hydroxyl groups excluding tert-OH is 1. The summed E-state index contributed by atoms with van der Waals surface area (Å²) in [5, 5.41) is 15.7. The lowest BCUT2D eigenvalue weighted by Crippen LogP contribution is -2.48. The number of carbonyl (C=O) groups excluding carboxylic acids is 3. The Balaban J connectivity index is 4.80. The minimum absolute atomic E-state index is 0.199. The van der Waals surface area contributed by atoms with Gasteiger partial charge in [0.1, 0.15) is 11.9 Å². The van der Waals surface area contributed by atoms with Crippen LogP contribution in [-0.4, -0.2) is 47.2 Å². The fraction of sp³-hybridized carbons (Fsp3) is 0.842. The number of alkyl carbamates (subject to hydrolysis) is 1. The van der Waals surface area contributed by atoms with Crippen LogP contribution in [0.4, 0.5) is 4.79 Å². The maximum absolute atomic E-state index is 12.1. The van der Waals surface area contributed by atoms with E-state index in [1.54, 1.807) is 20.8 Å². The van der Waals surface area contributed by atoms with Crippen LogP contribution in [0.25, 0.3) is 0 Å². The Kier molecular flexibility index (Phi) is 10.5. The maximum Gasteiger partial charge on any atom is 0.407 e. The van der Waals surface area contributed by atoms with Gasteiger partial charge in [-0.25, -0.2) is 4.79 Å². The molecule has 0 saturated carbocycles. The number of hydrogen-bond acceptors (Lipinski definition) is 5. The van der Waals surface area contributed by atoms with E-state index in [0.29, 0.717) is 19.1 Å². The Hall–Kier alpha value is -1.63. The molecule has 0 aliphatic rings. The molecule has 3 atom stereocenters. The zero-order valence-corrected chi connectivity index (χ0v) is 17.2. The van der Waals surface area contributed by atoms with E-state index >= 15 is 0 Å². The van der Waals surface area contributed by atoms with E-state index < -0.39 is 35.8 Å². The maximum atomic E-state index is 12.1. The van der Waals surface area contributed by atoms with Gasteiger partial charge in [-0.1, -0.05) is 27.7 Å². The van der Waals surface area contributed by atoms with Crippen LogP contribution in [0.2, 0.25) is 0 Å². The molecule has 0 fully saturated rings. The Morgan fingerprint density at radius 2 is 1.58 bits per heavy atom. The van der Waals surface area contributed by atoms with E-state index in [2.05, 4.69) is 10.6 Å². The molecule has 2 amide bonds. The van der Waals surface area contributed by atoms with Gasteiger partial charge in [-0.05, 0) is 45.4 Å². The first-order valence-corrected chi connectivity index (χ1v) is 9.26. The van der Waals surface area contributed by atoms with Gasteiger partial charge in [0, 0.05) is 0 Å². The van der Waals surface area contributed by atoms with Crippen molar-refractivity contribution in [2.24, 2.45) is 11.8 Å². The van der Waals surface area contributed by atoms with Crippen LogP contribution >= 0.6 is 0 Å². The smallest absolute Gasteiger partial charge is 0.407 e. The molecule has 0 radical (unpaired) electrons. The lowest BCUT2D eigenvalue weighted by Gasteiger charge is -2.28. The van der Waals surface area contributed by atoms with Gasteiger partial charge in [-0.15, -0.1) is 0 Å². The van der Waals surface area contributed by atoms with E-state index in [9.17, 15) is 19.5 Å². The lowest BCUT2D eigenvalue weighted by molar-refractivity contribution is -0.126. The summed E-state index contributed by atoms with van der Waals surface area (Å²) in [5.41, 5.74) is -0.650. The second-order valence-corrected chi connectivity index (χ2v) is 8.59. The van der Waals surface area contributed by atoms with Crippen molar-refractivity contribution in [3.63, 3.8) is 0 Å². The average Bonchev–Trinajstić information content (AvgIpc) is 2.42. The van der Waals surface area contributed by atoms with Gasteiger partial charge in [0.2, 0.25) is 5.91 Å². The molecule has 26 heavy (non-hydrogen) atoms. The normalized spacial score (nSPS) is 15.3. The molecule has 0 aliphatic heterocycles. The quantitative estimate of drug-likeness (QED) is 0.511. The summed E-state index contributed by atoms with van der Waals surface area (Å²) in [7, 11) is 0. The fourth-order valence-corrected chi connectivity index (χ4v) is 2.53. The van der Waals surface area contributed by atoms with Crippen LogP contribution in [-0.2, 0) is 14.3 Å². The first-order valence-electron chi connectivity index (χ1n) is 9.26. The van der Waals surface area contributed by atoms with Gasteiger partial charge in [0.05, 0.1) is 24.6 Å². The molecule has 0 rings (SSSR count). The molecule has 7 nitrogen and oxygen atoms in total. The topological polar surface area (TPSA) is 105 Å². The summed E-state index contributed by atoms with van der Waals surface area (Å²) in [5.74, 6) is 0.0456. The van der Waals surface area contributed by atoms with Crippen molar-refractivity contribution in [1.82, 2.24) is 10.6 Å². The number of rotatable bonds is 10. The Bertz CT molecular complexity index is 457. The van der Waals surface area contributed by atoms with Crippen molar-refractivity contribution in [2.75, 3.05) is 0 Å². The van der Waals surface area contributed by atoms with Crippen molar-refractivity contribution in [3.05, 3.63) is 0 Å². The van der Waals surface area contributed by atoms with E-state index in [-0.39, 0.29) is 18.3 Å². The molecule has 0 aliphatic carbocycles. The SMILES string of the molecule is CC(C)C[C@@H](C=O)NC(=O)C[C@H](O)[C@H](CC(C)C)NC(=O)OC(C)(C)C. The summed E-state index contributed by atoms with van der Waals surface area (Å²) < 4.78 is 5.22. The van der Waals surface area contributed by atoms with Crippen LogP contribution < -0.4 is 10.6 Å². The van der Waals surface area contributed by atoms with Crippen molar-refractivity contribution in [1.29, 1.82) is 0 Å². The minimum Gasteiger partial charge on any atom is -0.444 e. The number of nitrogens with one attached hydrogen (secondary N) is 2. The molecule has 7 heteroatoms. The molecule has 0 unspecified atom stereocenters. The third-order valence-electron chi connectivity index (χ3n) is 3.52. The highest BCUT2D eigenvalue weighted by Crippen LogP contribution is 2.13. The van der Waals surface area contributed by atoms with Crippen molar-refractivity contribution < 1.29 is 24.2 Å². The van der Waals surface area contributed by atoms with Gasteiger partial charge in [-0.3, -0.25) is 4.79 Å². The molecule has 0 aromatic heterocycles. The van der Waals surface area contributed by atoms with Gasteiger partial charge in [0.25, 0.3) is 0 Å². The molecular formula is C19H36N2O5. The first kappa shape index (κ1) is 24.4. The second kappa shape index (κ2) is 11.2. The van der Waals surface area contributed by atoms with Gasteiger partial charge >= 0.3 is 6.09 Å². The van der Waals surface area contributed by atoms with Crippen LogP contribution in [0, 0.1) is 11.8 Å². The summed E-state index contributed by atoms with van der Waals surface area (Å²) in [6.45, 7) is 13.1. The van der Waals surface area contributed by atoms with E-state index in [4.69, 9.17) is 4.74 Å². The number of aliphatic hydroxyl groups is 1. The predicted molar refractivity (Wildman–Crippen MR) is 101 cm³/mol. The van der Waals surface area contributed by atoms with Crippen molar-refractivity contribution in [2.45, 2.75) is 91.5 Å². The van der Waals surface area contributed by atoms with Crippen LogP contribution in [0.3, 0.4) is 0 Å². The number of carbonyl (C=O) groups is 3. The van der Waals surface area contributed by atoms with Crippen LogP contribution in [0.15, 0.2) is 0 Å². The van der Waals surface area contributed by atoms with Crippen LogP contribution in [0.5, 0.6) is 0 Å². The Morgan fingerprint density at radius 1 is 1.04 bits per heavy atom. The van der Waals surface area contributed by atoms with Gasteiger partial charge in [0.15, 0.2) is 0 Å².